The highest BCUT2D eigenvalue weighted by atomic mass is 35.5. The lowest BCUT2D eigenvalue weighted by Crippen LogP contribution is -2.29. The van der Waals surface area contributed by atoms with Gasteiger partial charge in [-0.3, -0.25) is 0 Å². The van der Waals surface area contributed by atoms with Crippen molar-refractivity contribution in [3.05, 3.63) is 63.7 Å². The minimum atomic E-state index is 0.0634. The molecule has 0 unspecified atom stereocenters. The minimum Gasteiger partial charge on any atom is -0.493 e. The first-order valence-electron chi connectivity index (χ1n) is 8.27. The van der Waals surface area contributed by atoms with Gasteiger partial charge < -0.3 is 14.8 Å². The molecule has 3 atom stereocenters. The van der Waals surface area contributed by atoms with Crippen LogP contribution in [-0.2, 0) is 0 Å². The summed E-state index contributed by atoms with van der Waals surface area (Å²) in [7, 11) is 3.33. The first-order chi connectivity index (χ1) is 12.2. The Morgan fingerprint density at radius 2 is 1.88 bits per heavy atom. The van der Waals surface area contributed by atoms with E-state index in [-0.39, 0.29) is 6.04 Å². The number of ether oxygens (including phenoxy) is 2. The molecule has 1 heterocycles. The van der Waals surface area contributed by atoms with Gasteiger partial charge in [0.2, 0.25) is 0 Å². The standard InChI is InChI=1S/C20H19Cl2NO2/c1-24-16-8-4-7-14(20(16)25-2)18-12-6-3-5-11(12)13-9-10-15(21)17(22)19(13)23-18/h3-5,7-12,18,23H,6H2,1-2H3/t11-,12-,18+/m0/s1. The summed E-state index contributed by atoms with van der Waals surface area (Å²) in [6, 6.07) is 9.99. The maximum Gasteiger partial charge on any atom is 0.165 e. The van der Waals surface area contributed by atoms with Gasteiger partial charge in [0.1, 0.15) is 0 Å². The van der Waals surface area contributed by atoms with Crippen molar-refractivity contribution in [2.75, 3.05) is 19.5 Å². The Morgan fingerprint density at radius 1 is 1.04 bits per heavy atom. The predicted octanol–water partition coefficient (Wildman–Crippen LogP) is 5.84. The molecule has 0 aromatic heterocycles. The van der Waals surface area contributed by atoms with Crippen LogP contribution in [0.1, 0.15) is 29.5 Å². The van der Waals surface area contributed by atoms with Gasteiger partial charge in [-0.2, -0.15) is 0 Å². The van der Waals surface area contributed by atoms with Crippen LogP contribution in [0.25, 0.3) is 0 Å². The van der Waals surface area contributed by atoms with Crippen LogP contribution in [0, 0.1) is 5.92 Å². The Hall–Kier alpha value is -1.84. The van der Waals surface area contributed by atoms with Crippen LogP contribution < -0.4 is 14.8 Å². The molecule has 4 rings (SSSR count). The molecule has 2 aliphatic rings. The van der Waals surface area contributed by atoms with Crippen LogP contribution in [0.3, 0.4) is 0 Å². The predicted molar refractivity (Wildman–Crippen MR) is 102 cm³/mol. The molecule has 1 aliphatic carbocycles. The van der Waals surface area contributed by atoms with Crippen molar-refractivity contribution in [2.45, 2.75) is 18.4 Å². The average Bonchev–Trinajstić information content (AvgIpc) is 3.13. The molecule has 2 aromatic carbocycles. The second-order valence-corrected chi connectivity index (χ2v) is 7.17. The number of anilines is 1. The summed E-state index contributed by atoms with van der Waals surface area (Å²) in [4.78, 5) is 0. The summed E-state index contributed by atoms with van der Waals surface area (Å²) in [6.45, 7) is 0. The van der Waals surface area contributed by atoms with Gasteiger partial charge >= 0.3 is 0 Å². The summed E-state index contributed by atoms with van der Waals surface area (Å²) in [5.41, 5.74) is 3.19. The van der Waals surface area contributed by atoms with E-state index in [9.17, 15) is 0 Å². The molecule has 0 amide bonds. The Kier molecular flexibility index (Phi) is 4.30. The van der Waals surface area contributed by atoms with Crippen LogP contribution in [-0.4, -0.2) is 14.2 Å². The van der Waals surface area contributed by atoms with Crippen molar-refractivity contribution in [3.8, 4) is 11.5 Å². The number of allylic oxidation sites excluding steroid dienone is 2. The van der Waals surface area contributed by atoms with E-state index < -0.39 is 0 Å². The fourth-order valence-electron chi connectivity index (χ4n) is 4.07. The number of hydrogen-bond donors (Lipinski definition) is 1. The lowest BCUT2D eigenvalue weighted by molar-refractivity contribution is 0.341. The molecule has 2 aromatic rings. The fourth-order valence-corrected chi connectivity index (χ4v) is 4.45. The molecule has 0 bridgehead atoms. The molecule has 5 heteroatoms. The largest absolute Gasteiger partial charge is 0.493 e. The summed E-state index contributed by atoms with van der Waals surface area (Å²) in [5, 5.41) is 4.76. The van der Waals surface area contributed by atoms with Crippen LogP contribution >= 0.6 is 23.2 Å². The Bertz CT molecular complexity index is 850. The summed E-state index contributed by atoms with van der Waals surface area (Å²) >= 11 is 12.8. The van der Waals surface area contributed by atoms with E-state index in [2.05, 4.69) is 29.6 Å². The maximum absolute atomic E-state index is 6.51. The Labute approximate surface area is 157 Å². The number of rotatable bonds is 3. The second-order valence-electron chi connectivity index (χ2n) is 6.38. The van der Waals surface area contributed by atoms with Gasteiger partial charge in [0, 0.05) is 11.5 Å². The lowest BCUT2D eigenvalue weighted by atomic mass is 9.77. The monoisotopic (exact) mass is 375 g/mol. The molecule has 0 spiro atoms. The number of benzene rings is 2. The van der Waals surface area contributed by atoms with Crippen molar-refractivity contribution < 1.29 is 9.47 Å². The third-order valence-corrected chi connectivity index (χ3v) is 6.00. The van der Waals surface area contributed by atoms with Crippen molar-refractivity contribution in [3.63, 3.8) is 0 Å². The van der Waals surface area contributed by atoms with Gasteiger partial charge in [0.05, 0.1) is 36.0 Å². The van der Waals surface area contributed by atoms with Gasteiger partial charge in [-0.25, -0.2) is 0 Å². The van der Waals surface area contributed by atoms with Crippen molar-refractivity contribution in [1.82, 2.24) is 0 Å². The van der Waals surface area contributed by atoms with E-state index in [4.69, 9.17) is 32.7 Å². The topological polar surface area (TPSA) is 30.5 Å². The molecule has 0 radical (unpaired) electrons. The number of methoxy groups -OCH3 is 2. The van der Waals surface area contributed by atoms with Crippen molar-refractivity contribution in [1.29, 1.82) is 0 Å². The highest BCUT2D eigenvalue weighted by Crippen LogP contribution is 2.54. The smallest absolute Gasteiger partial charge is 0.165 e. The zero-order valence-electron chi connectivity index (χ0n) is 14.1. The van der Waals surface area contributed by atoms with Gasteiger partial charge in [-0.05, 0) is 30.0 Å². The maximum atomic E-state index is 6.51. The summed E-state index contributed by atoms with van der Waals surface area (Å²) in [6.07, 6.45) is 5.52. The highest BCUT2D eigenvalue weighted by molar-refractivity contribution is 6.43. The average molecular weight is 376 g/mol. The molecule has 1 N–H and O–H groups in total. The van der Waals surface area contributed by atoms with Gasteiger partial charge in [-0.15, -0.1) is 0 Å². The molecule has 1 aliphatic heterocycles. The number of nitrogens with one attached hydrogen (secondary N) is 1. The van der Waals surface area contributed by atoms with Gasteiger partial charge in [-0.1, -0.05) is 53.6 Å². The quantitative estimate of drug-likeness (QED) is 0.683. The van der Waals surface area contributed by atoms with Crippen molar-refractivity contribution >= 4 is 28.9 Å². The van der Waals surface area contributed by atoms with Gasteiger partial charge in [0.25, 0.3) is 0 Å². The van der Waals surface area contributed by atoms with E-state index in [1.54, 1.807) is 14.2 Å². The number of halogens is 2. The van der Waals surface area contributed by atoms with Crippen LogP contribution in [0.2, 0.25) is 10.0 Å². The van der Waals surface area contributed by atoms with Crippen LogP contribution in [0.5, 0.6) is 11.5 Å². The molecular weight excluding hydrogens is 357 g/mol. The lowest BCUT2D eigenvalue weighted by Gasteiger charge is -2.38. The zero-order chi connectivity index (χ0) is 17.6. The van der Waals surface area contributed by atoms with E-state index >= 15 is 0 Å². The van der Waals surface area contributed by atoms with Crippen molar-refractivity contribution in [2.24, 2.45) is 5.92 Å². The SMILES string of the molecule is COc1cccc([C@@H]2Nc3c(ccc(Cl)c3Cl)[C@H]3C=CC[C@@H]32)c1OC. The zero-order valence-corrected chi connectivity index (χ0v) is 15.6. The highest BCUT2D eigenvalue weighted by Gasteiger charge is 2.40. The minimum absolute atomic E-state index is 0.0634. The molecule has 130 valence electrons. The summed E-state index contributed by atoms with van der Waals surface area (Å²) < 4.78 is 11.1. The molecule has 0 saturated heterocycles. The first-order valence-corrected chi connectivity index (χ1v) is 9.03. The Balaban J connectivity index is 1.86. The molecule has 0 fully saturated rings. The second kappa shape index (κ2) is 6.47. The first kappa shape index (κ1) is 16.6. The molecule has 0 saturated carbocycles. The summed E-state index contributed by atoms with van der Waals surface area (Å²) in [5.74, 6) is 2.19. The van der Waals surface area contributed by atoms with Crippen LogP contribution in [0.15, 0.2) is 42.5 Å². The Morgan fingerprint density at radius 3 is 2.64 bits per heavy atom. The van der Waals surface area contributed by atoms with Crippen LogP contribution in [0.4, 0.5) is 5.69 Å². The fraction of sp³-hybridized carbons (Fsp3) is 0.300. The number of fused-ring (bicyclic) bond motifs is 3. The third-order valence-electron chi connectivity index (χ3n) is 5.20. The molecular formula is C20H19Cl2NO2. The van der Waals surface area contributed by atoms with Gasteiger partial charge in [0.15, 0.2) is 11.5 Å². The molecule has 25 heavy (non-hydrogen) atoms. The van der Waals surface area contributed by atoms with E-state index in [0.717, 1.165) is 29.2 Å². The van der Waals surface area contributed by atoms with E-state index in [0.29, 0.717) is 21.9 Å². The molecule has 3 nitrogen and oxygen atoms in total. The number of hydrogen-bond acceptors (Lipinski definition) is 3. The third kappa shape index (κ3) is 2.57. The number of para-hydroxylation sites is 1. The normalized spacial score (nSPS) is 23.6. The van der Waals surface area contributed by atoms with E-state index in [1.807, 2.05) is 18.2 Å². The van der Waals surface area contributed by atoms with E-state index in [1.165, 1.54) is 5.56 Å².